The Labute approximate surface area is 129 Å². The summed E-state index contributed by atoms with van der Waals surface area (Å²) < 4.78 is 5.40. The van der Waals surface area contributed by atoms with E-state index in [0.29, 0.717) is 11.7 Å². The molecule has 22 heavy (non-hydrogen) atoms. The van der Waals surface area contributed by atoms with Gasteiger partial charge in [-0.3, -0.25) is 0 Å². The van der Waals surface area contributed by atoms with E-state index in [1.807, 2.05) is 18.3 Å². The van der Waals surface area contributed by atoms with Crippen LogP contribution in [0.4, 0.5) is 5.82 Å². The molecule has 3 heterocycles. The molecule has 1 aliphatic carbocycles. The van der Waals surface area contributed by atoms with Crippen molar-refractivity contribution in [2.24, 2.45) is 5.73 Å². The molecule has 0 amide bonds. The Balaban J connectivity index is 1.55. The first-order valence-electron chi connectivity index (χ1n) is 8.09. The Morgan fingerprint density at radius 3 is 2.55 bits per heavy atom. The minimum absolute atomic E-state index is 0.412. The quantitative estimate of drug-likeness (QED) is 0.937. The predicted molar refractivity (Wildman–Crippen MR) is 83.3 cm³/mol. The first-order chi connectivity index (χ1) is 10.7. The van der Waals surface area contributed by atoms with Gasteiger partial charge in [0.2, 0.25) is 0 Å². The Kier molecular flexibility index (Phi) is 3.33. The second-order valence-electron chi connectivity index (χ2n) is 6.39. The van der Waals surface area contributed by atoms with Crippen LogP contribution in [0.2, 0.25) is 0 Å². The third-order valence-corrected chi connectivity index (χ3v) is 4.79. The van der Waals surface area contributed by atoms with Gasteiger partial charge in [0.05, 0.1) is 11.1 Å². The van der Waals surface area contributed by atoms with Crippen molar-refractivity contribution in [3.05, 3.63) is 24.2 Å². The van der Waals surface area contributed by atoms with Gasteiger partial charge in [0.1, 0.15) is 5.82 Å². The maximum absolute atomic E-state index is 6.37. The number of aromatic nitrogens is 3. The van der Waals surface area contributed by atoms with Crippen molar-refractivity contribution in [3.63, 3.8) is 0 Å². The van der Waals surface area contributed by atoms with Crippen molar-refractivity contribution in [1.82, 2.24) is 15.1 Å². The van der Waals surface area contributed by atoms with Crippen molar-refractivity contribution >= 4 is 5.82 Å². The van der Waals surface area contributed by atoms with Crippen LogP contribution in [0.5, 0.6) is 0 Å². The molecule has 0 atom stereocenters. The van der Waals surface area contributed by atoms with E-state index in [2.05, 4.69) is 20.0 Å². The predicted octanol–water partition coefficient (Wildman–Crippen LogP) is 2.46. The van der Waals surface area contributed by atoms with E-state index in [-0.39, 0.29) is 0 Å². The van der Waals surface area contributed by atoms with Crippen molar-refractivity contribution < 1.29 is 4.52 Å². The van der Waals surface area contributed by atoms with E-state index in [0.717, 1.165) is 50.2 Å². The van der Waals surface area contributed by atoms with Crippen LogP contribution in [0.3, 0.4) is 0 Å². The summed E-state index contributed by atoms with van der Waals surface area (Å²) >= 11 is 0. The molecule has 0 aromatic carbocycles. The van der Waals surface area contributed by atoms with Gasteiger partial charge in [0, 0.05) is 19.3 Å². The maximum Gasteiger partial charge on any atom is 0.259 e. The molecule has 116 valence electrons. The molecule has 2 aromatic rings. The first kappa shape index (κ1) is 13.7. The molecule has 2 N–H and O–H groups in total. The number of hydrogen-bond donors (Lipinski definition) is 1. The molecule has 1 aliphatic heterocycles. The van der Waals surface area contributed by atoms with Crippen LogP contribution >= 0.6 is 0 Å². The van der Waals surface area contributed by atoms with E-state index >= 15 is 0 Å². The second kappa shape index (κ2) is 5.35. The Morgan fingerprint density at radius 1 is 1.09 bits per heavy atom. The molecule has 6 heteroatoms. The molecule has 1 saturated carbocycles. The number of anilines is 1. The lowest BCUT2D eigenvalue weighted by Crippen LogP contribution is -2.34. The summed E-state index contributed by atoms with van der Waals surface area (Å²) in [5.41, 5.74) is 6.81. The van der Waals surface area contributed by atoms with E-state index in [4.69, 9.17) is 10.3 Å². The van der Waals surface area contributed by atoms with Gasteiger partial charge in [0.25, 0.3) is 5.89 Å². The number of rotatable bonds is 3. The third kappa shape index (κ3) is 2.37. The highest BCUT2D eigenvalue weighted by atomic mass is 16.5. The first-order valence-corrected chi connectivity index (χ1v) is 8.09. The summed E-state index contributed by atoms with van der Waals surface area (Å²) in [4.78, 5) is 11.3. The minimum atomic E-state index is -0.412. The number of nitrogens with zero attached hydrogens (tertiary/aromatic N) is 4. The van der Waals surface area contributed by atoms with Crippen LogP contribution in [-0.4, -0.2) is 28.2 Å². The van der Waals surface area contributed by atoms with E-state index in [1.165, 1.54) is 12.8 Å². The smallest absolute Gasteiger partial charge is 0.259 e. The van der Waals surface area contributed by atoms with Crippen LogP contribution in [-0.2, 0) is 5.54 Å². The van der Waals surface area contributed by atoms with Gasteiger partial charge in [-0.25, -0.2) is 4.98 Å². The lowest BCUT2D eigenvalue weighted by Gasteiger charge is -2.17. The third-order valence-electron chi connectivity index (χ3n) is 4.79. The molecule has 6 nitrogen and oxygen atoms in total. The van der Waals surface area contributed by atoms with Gasteiger partial charge in [-0.1, -0.05) is 18.0 Å². The summed E-state index contributed by atoms with van der Waals surface area (Å²) in [6.07, 6.45) is 8.42. The molecular weight excluding hydrogens is 278 g/mol. The largest absolute Gasteiger partial charge is 0.357 e. The van der Waals surface area contributed by atoms with Gasteiger partial charge in [-0.15, -0.1) is 0 Å². The average Bonchev–Trinajstić information content (AvgIpc) is 3.29. The minimum Gasteiger partial charge on any atom is -0.357 e. The Hall–Kier alpha value is -1.95. The summed E-state index contributed by atoms with van der Waals surface area (Å²) in [5, 5.41) is 4.10. The standard InChI is InChI=1S/C16H21N5O/c17-16(7-1-2-8-16)15-19-14(22-20-15)12-5-6-13(18-11-12)21-9-3-4-10-21/h5-6,11H,1-4,7-10,17H2. The molecule has 4 rings (SSSR count). The molecular formula is C16H21N5O. The molecule has 2 fully saturated rings. The Morgan fingerprint density at radius 2 is 1.86 bits per heavy atom. The van der Waals surface area contributed by atoms with E-state index in [1.54, 1.807) is 0 Å². The van der Waals surface area contributed by atoms with Gasteiger partial charge in [-0.05, 0) is 37.8 Å². The number of nitrogens with two attached hydrogens (primary N) is 1. The molecule has 0 bridgehead atoms. The van der Waals surface area contributed by atoms with Crippen LogP contribution in [0, 0.1) is 0 Å². The zero-order chi connectivity index (χ0) is 15.0. The molecule has 1 saturated heterocycles. The van der Waals surface area contributed by atoms with E-state index < -0.39 is 5.54 Å². The molecule has 0 unspecified atom stereocenters. The molecule has 2 aromatic heterocycles. The van der Waals surface area contributed by atoms with Crippen LogP contribution in [0.25, 0.3) is 11.5 Å². The normalized spacial score (nSPS) is 20.7. The van der Waals surface area contributed by atoms with Crippen LogP contribution < -0.4 is 10.6 Å². The van der Waals surface area contributed by atoms with Gasteiger partial charge >= 0.3 is 0 Å². The topological polar surface area (TPSA) is 81.1 Å². The molecule has 0 spiro atoms. The van der Waals surface area contributed by atoms with E-state index in [9.17, 15) is 0 Å². The number of hydrogen-bond acceptors (Lipinski definition) is 6. The van der Waals surface area contributed by atoms with Gasteiger partial charge in [-0.2, -0.15) is 4.98 Å². The zero-order valence-corrected chi connectivity index (χ0v) is 12.7. The highest BCUT2D eigenvalue weighted by Gasteiger charge is 2.36. The SMILES string of the molecule is NC1(c2noc(-c3ccc(N4CCCC4)nc3)n2)CCCC1. The van der Waals surface area contributed by atoms with Crippen molar-refractivity contribution in [2.45, 2.75) is 44.1 Å². The van der Waals surface area contributed by atoms with Gasteiger partial charge in [0.15, 0.2) is 5.82 Å². The average molecular weight is 299 g/mol. The molecule has 2 aliphatic rings. The fourth-order valence-electron chi connectivity index (χ4n) is 3.42. The van der Waals surface area contributed by atoms with Crippen molar-refractivity contribution in [3.8, 4) is 11.5 Å². The monoisotopic (exact) mass is 299 g/mol. The highest BCUT2D eigenvalue weighted by molar-refractivity contribution is 5.55. The van der Waals surface area contributed by atoms with Crippen LogP contribution in [0.15, 0.2) is 22.9 Å². The maximum atomic E-state index is 6.37. The zero-order valence-electron chi connectivity index (χ0n) is 12.7. The highest BCUT2D eigenvalue weighted by Crippen LogP contribution is 2.35. The van der Waals surface area contributed by atoms with Gasteiger partial charge < -0.3 is 15.2 Å². The Bertz CT molecular complexity index is 639. The second-order valence-corrected chi connectivity index (χ2v) is 6.39. The lowest BCUT2D eigenvalue weighted by molar-refractivity contribution is 0.372. The summed E-state index contributed by atoms with van der Waals surface area (Å²) in [7, 11) is 0. The number of pyridine rings is 1. The lowest BCUT2D eigenvalue weighted by atomic mass is 9.99. The summed E-state index contributed by atoms with van der Waals surface area (Å²) in [5.74, 6) is 2.16. The van der Waals surface area contributed by atoms with Crippen molar-refractivity contribution in [2.75, 3.05) is 18.0 Å². The summed E-state index contributed by atoms with van der Waals surface area (Å²) in [6.45, 7) is 2.18. The van der Waals surface area contributed by atoms with Crippen LogP contribution in [0.1, 0.15) is 44.3 Å². The van der Waals surface area contributed by atoms with Crippen molar-refractivity contribution in [1.29, 1.82) is 0 Å². The summed E-state index contributed by atoms with van der Waals surface area (Å²) in [6, 6.07) is 4.02. The molecule has 0 radical (unpaired) electrons. The fourth-order valence-corrected chi connectivity index (χ4v) is 3.42. The fraction of sp³-hybridized carbons (Fsp3) is 0.562.